The molecule has 0 aromatic heterocycles. The van der Waals surface area contributed by atoms with E-state index in [-0.39, 0.29) is 40.7 Å². The van der Waals surface area contributed by atoms with Crippen LogP contribution in [-0.2, 0) is 0 Å². The van der Waals surface area contributed by atoms with Gasteiger partial charge in [0.15, 0.2) is 0 Å². The van der Waals surface area contributed by atoms with E-state index in [0.29, 0.717) is 11.3 Å². The molecule has 0 saturated carbocycles. The third kappa shape index (κ3) is 3.38. The molecule has 6 nitrogen and oxygen atoms in total. The van der Waals surface area contributed by atoms with E-state index in [2.05, 4.69) is 5.32 Å². The van der Waals surface area contributed by atoms with Crippen molar-refractivity contribution in [3.63, 3.8) is 0 Å². The summed E-state index contributed by atoms with van der Waals surface area (Å²) in [4.78, 5) is 39.4. The summed E-state index contributed by atoms with van der Waals surface area (Å²) < 4.78 is 0. The van der Waals surface area contributed by atoms with Gasteiger partial charge < -0.3 is 10.4 Å². The van der Waals surface area contributed by atoms with E-state index < -0.39 is 5.91 Å². The van der Waals surface area contributed by atoms with E-state index in [1.807, 2.05) is 27.7 Å². The number of aryl methyl sites for hydroxylation is 1. The molecule has 1 aliphatic heterocycles. The molecule has 28 heavy (non-hydrogen) atoms. The number of nitrogens with zero attached hydrogens (tertiary/aromatic N) is 1. The van der Waals surface area contributed by atoms with Gasteiger partial charge in [-0.05, 0) is 55.7 Å². The molecule has 0 bridgehead atoms. The fourth-order valence-electron chi connectivity index (χ4n) is 3.31. The second kappa shape index (κ2) is 7.46. The number of carbonyl (C=O) groups excluding carboxylic acids is 3. The number of imide groups is 1. The first-order chi connectivity index (χ1) is 13.2. The Morgan fingerprint density at radius 2 is 1.75 bits per heavy atom. The minimum absolute atomic E-state index is 0.0417. The van der Waals surface area contributed by atoms with Crippen molar-refractivity contribution >= 4 is 23.4 Å². The average Bonchev–Trinajstić information content (AvgIpc) is 2.93. The molecule has 0 aliphatic carbocycles. The second-order valence-electron chi connectivity index (χ2n) is 7.34. The van der Waals surface area contributed by atoms with Crippen LogP contribution in [-0.4, -0.2) is 33.8 Å². The number of aromatic hydroxyl groups is 1. The van der Waals surface area contributed by atoms with Crippen LogP contribution in [0.3, 0.4) is 0 Å². The zero-order chi connectivity index (χ0) is 20.6. The maximum Gasteiger partial charge on any atom is 0.261 e. The SMILES string of the molecule is CCC(C)C(C)N1C(=O)c2ccc(C(=O)Nc3cc(C)ccc3O)cc2C1=O. The van der Waals surface area contributed by atoms with Crippen LogP contribution in [0.1, 0.15) is 63.8 Å². The van der Waals surface area contributed by atoms with Gasteiger partial charge in [-0.25, -0.2) is 0 Å². The maximum absolute atomic E-state index is 12.8. The molecular weight excluding hydrogens is 356 g/mol. The first-order valence-corrected chi connectivity index (χ1v) is 9.37. The fraction of sp³-hybridized carbons (Fsp3) is 0.318. The van der Waals surface area contributed by atoms with E-state index in [1.54, 1.807) is 12.1 Å². The van der Waals surface area contributed by atoms with Gasteiger partial charge in [0, 0.05) is 11.6 Å². The molecule has 1 heterocycles. The lowest BCUT2D eigenvalue weighted by atomic mass is 9.99. The molecule has 3 amide bonds. The Morgan fingerprint density at radius 3 is 2.43 bits per heavy atom. The van der Waals surface area contributed by atoms with E-state index >= 15 is 0 Å². The summed E-state index contributed by atoms with van der Waals surface area (Å²) in [5.74, 6) is -1.02. The molecule has 2 aromatic carbocycles. The lowest BCUT2D eigenvalue weighted by molar-refractivity contribution is 0.0550. The Bertz CT molecular complexity index is 967. The van der Waals surface area contributed by atoms with E-state index in [0.717, 1.165) is 12.0 Å². The Hall–Kier alpha value is -3.15. The van der Waals surface area contributed by atoms with E-state index in [4.69, 9.17) is 0 Å². The molecule has 2 unspecified atom stereocenters. The van der Waals surface area contributed by atoms with Crippen molar-refractivity contribution in [1.82, 2.24) is 4.90 Å². The van der Waals surface area contributed by atoms with Crippen LogP contribution in [0.4, 0.5) is 5.69 Å². The molecule has 146 valence electrons. The molecule has 0 fully saturated rings. The van der Waals surface area contributed by atoms with Crippen molar-refractivity contribution in [2.24, 2.45) is 5.92 Å². The highest BCUT2D eigenvalue weighted by Crippen LogP contribution is 2.29. The van der Waals surface area contributed by atoms with Crippen molar-refractivity contribution in [3.8, 4) is 5.75 Å². The highest BCUT2D eigenvalue weighted by Gasteiger charge is 2.40. The number of hydrogen-bond donors (Lipinski definition) is 2. The van der Waals surface area contributed by atoms with E-state index in [1.165, 1.54) is 29.2 Å². The topological polar surface area (TPSA) is 86.7 Å². The smallest absolute Gasteiger partial charge is 0.261 e. The number of anilines is 1. The predicted octanol–water partition coefficient (Wildman–Crippen LogP) is 3.98. The van der Waals surface area contributed by atoms with Gasteiger partial charge >= 0.3 is 0 Å². The summed E-state index contributed by atoms with van der Waals surface area (Å²) in [7, 11) is 0. The van der Waals surface area contributed by atoms with Crippen LogP contribution in [0.2, 0.25) is 0 Å². The lowest BCUT2D eigenvalue weighted by Crippen LogP contribution is -2.41. The Labute approximate surface area is 164 Å². The molecule has 0 saturated heterocycles. The first-order valence-electron chi connectivity index (χ1n) is 9.37. The zero-order valence-electron chi connectivity index (χ0n) is 16.4. The number of phenols is 1. The third-order valence-electron chi connectivity index (χ3n) is 5.46. The summed E-state index contributed by atoms with van der Waals surface area (Å²) in [5, 5.41) is 12.6. The largest absolute Gasteiger partial charge is 0.506 e. The number of hydrogen-bond acceptors (Lipinski definition) is 4. The molecule has 1 aliphatic rings. The van der Waals surface area contributed by atoms with Crippen molar-refractivity contribution < 1.29 is 19.5 Å². The van der Waals surface area contributed by atoms with Crippen LogP contribution in [0.5, 0.6) is 5.75 Å². The van der Waals surface area contributed by atoms with Gasteiger partial charge in [0.1, 0.15) is 5.75 Å². The number of rotatable bonds is 5. The van der Waals surface area contributed by atoms with Crippen LogP contribution in [0.15, 0.2) is 36.4 Å². The second-order valence-corrected chi connectivity index (χ2v) is 7.34. The van der Waals surface area contributed by atoms with Gasteiger partial charge in [0.2, 0.25) is 0 Å². The molecule has 0 radical (unpaired) electrons. The zero-order valence-corrected chi connectivity index (χ0v) is 16.4. The standard InChI is InChI=1S/C22H24N2O4/c1-5-13(3)14(4)24-21(27)16-8-7-15(11-17(16)22(24)28)20(26)23-18-10-12(2)6-9-19(18)25/h6-11,13-14,25H,5H2,1-4H3,(H,23,26). The molecule has 2 atom stereocenters. The van der Waals surface area contributed by atoms with Gasteiger partial charge in [-0.15, -0.1) is 0 Å². The van der Waals surface area contributed by atoms with Gasteiger partial charge in [-0.3, -0.25) is 19.3 Å². The summed E-state index contributed by atoms with van der Waals surface area (Å²) >= 11 is 0. The average molecular weight is 380 g/mol. The number of fused-ring (bicyclic) bond motifs is 1. The number of phenolic OH excluding ortho intramolecular Hbond substituents is 1. The Balaban J connectivity index is 1.88. The van der Waals surface area contributed by atoms with Crippen LogP contribution >= 0.6 is 0 Å². The number of carbonyl (C=O) groups is 3. The number of benzene rings is 2. The molecule has 2 N–H and O–H groups in total. The van der Waals surface area contributed by atoms with Gasteiger partial charge in [0.05, 0.1) is 16.8 Å². The molecule has 2 aromatic rings. The summed E-state index contributed by atoms with van der Waals surface area (Å²) in [6.45, 7) is 7.73. The normalized spacial score (nSPS) is 15.4. The van der Waals surface area contributed by atoms with Crippen LogP contribution in [0.25, 0.3) is 0 Å². The summed E-state index contributed by atoms with van der Waals surface area (Å²) in [6.07, 6.45) is 0.849. The lowest BCUT2D eigenvalue weighted by Gasteiger charge is -2.27. The monoisotopic (exact) mass is 380 g/mol. The van der Waals surface area contributed by atoms with Crippen LogP contribution < -0.4 is 5.32 Å². The van der Waals surface area contributed by atoms with Crippen molar-refractivity contribution in [1.29, 1.82) is 0 Å². The predicted molar refractivity (Wildman–Crippen MR) is 107 cm³/mol. The van der Waals surface area contributed by atoms with Crippen molar-refractivity contribution in [3.05, 3.63) is 58.7 Å². The molecule has 0 spiro atoms. The first kappa shape index (κ1) is 19.6. The van der Waals surface area contributed by atoms with Crippen molar-refractivity contribution in [2.75, 3.05) is 5.32 Å². The van der Waals surface area contributed by atoms with E-state index in [9.17, 15) is 19.5 Å². The third-order valence-corrected chi connectivity index (χ3v) is 5.46. The highest BCUT2D eigenvalue weighted by molar-refractivity contribution is 6.22. The Kier molecular flexibility index (Phi) is 5.23. The minimum Gasteiger partial charge on any atom is -0.506 e. The van der Waals surface area contributed by atoms with Crippen molar-refractivity contribution in [2.45, 2.75) is 40.2 Å². The quantitative estimate of drug-likeness (QED) is 0.607. The molecular formula is C22H24N2O4. The van der Waals surface area contributed by atoms with Gasteiger partial charge in [0.25, 0.3) is 17.7 Å². The minimum atomic E-state index is -0.461. The molecule has 6 heteroatoms. The molecule has 3 rings (SSSR count). The Morgan fingerprint density at radius 1 is 1.07 bits per heavy atom. The highest BCUT2D eigenvalue weighted by atomic mass is 16.3. The van der Waals surface area contributed by atoms with Gasteiger partial charge in [-0.1, -0.05) is 26.3 Å². The van der Waals surface area contributed by atoms with Gasteiger partial charge in [-0.2, -0.15) is 0 Å². The number of amides is 3. The number of nitrogens with one attached hydrogen (secondary N) is 1. The van der Waals surface area contributed by atoms with Crippen LogP contribution in [0, 0.1) is 12.8 Å². The summed E-state index contributed by atoms with van der Waals surface area (Å²) in [5.41, 5.74) is 1.98. The maximum atomic E-state index is 12.8. The fourth-order valence-corrected chi connectivity index (χ4v) is 3.31. The summed E-state index contributed by atoms with van der Waals surface area (Å²) in [6, 6.07) is 9.15.